The van der Waals surface area contributed by atoms with E-state index in [1.165, 1.54) is 0 Å². The highest BCUT2D eigenvalue weighted by molar-refractivity contribution is 6.06. The lowest BCUT2D eigenvalue weighted by atomic mass is 9.84. The first-order chi connectivity index (χ1) is 48.0. The number of rotatable bonds is 24. The van der Waals surface area contributed by atoms with E-state index in [2.05, 4.69) is 70.2 Å². The Morgan fingerprint density at radius 2 is 0.418 bits per heavy atom. The number of carbonyl (C=O) groups excluding carboxylic acids is 4. The SMILES string of the molecule is NNC(=O)c1ccc(-c2ccc(C(=C(c3ccc(-c4ccc(C(=O)NN)c(OCc5ccccc5)c4)cc3)c3ccc(-c4ccc(C(=O)NN)c(OCc5ccccc5)c4)cc3)c3ccc(-c4ccc(C(=O)NN)c(OCc5ccccc5)c4)cc3)cc2)cc1OCc1ccccc1. The minimum Gasteiger partial charge on any atom is -0.488 e. The van der Waals surface area contributed by atoms with Crippen LogP contribution in [0.3, 0.4) is 0 Å². The van der Waals surface area contributed by atoms with Crippen molar-refractivity contribution < 1.29 is 38.1 Å². The summed E-state index contributed by atoms with van der Waals surface area (Å²) in [4.78, 5) is 52.5. The summed E-state index contributed by atoms with van der Waals surface area (Å²) in [6.07, 6.45) is 0. The molecule has 484 valence electrons. The molecule has 98 heavy (non-hydrogen) atoms. The zero-order chi connectivity index (χ0) is 67.7. The number of nitrogens with two attached hydrogens (primary N) is 4. The summed E-state index contributed by atoms with van der Waals surface area (Å²) in [7, 11) is 0. The van der Waals surface area contributed by atoms with E-state index in [-0.39, 0.29) is 48.7 Å². The average molecular weight is 1290 g/mol. The van der Waals surface area contributed by atoms with Gasteiger partial charge in [0, 0.05) is 0 Å². The second-order valence-corrected chi connectivity index (χ2v) is 22.9. The van der Waals surface area contributed by atoms with Gasteiger partial charge in [-0.05, 0) is 149 Å². The molecule has 12 aromatic rings. The molecule has 4 amide bonds. The van der Waals surface area contributed by atoms with Gasteiger partial charge in [-0.15, -0.1) is 0 Å². The third kappa shape index (κ3) is 15.4. The standard InChI is InChI=1S/C82H68N8O8/c83-87-79(91)69-41-37-65(45-73(69)95-49-53-13-5-1-6-14-53)57-21-29-61(30-22-57)77(62-31-23-58(24-32-62)66-38-42-70(80(92)88-84)74(46-66)96-50-54-15-7-2-8-16-54)78(63-33-25-59(26-34-63)67-39-43-71(81(93)89-85)75(47-67)97-51-55-17-9-3-10-18-55)64-35-27-60(28-36-64)68-40-44-72(82(94)90-86)76(48-68)98-52-56-19-11-4-12-20-56/h1-48H,49-52,83-86H2,(H,87,91)(H,88,92)(H,89,93)(H,90,94). The summed E-state index contributed by atoms with van der Waals surface area (Å²) in [5.74, 6) is 22.2. The number of amides is 4. The molecule has 0 aliphatic rings. The van der Waals surface area contributed by atoms with Gasteiger partial charge in [0.2, 0.25) is 0 Å². The van der Waals surface area contributed by atoms with E-state index in [0.29, 0.717) is 23.0 Å². The van der Waals surface area contributed by atoms with E-state index in [4.69, 9.17) is 42.3 Å². The first-order valence-corrected chi connectivity index (χ1v) is 31.5. The number of nitrogens with one attached hydrogen (secondary N) is 4. The quantitative estimate of drug-likeness (QED) is 0.0122. The third-order valence-corrected chi connectivity index (χ3v) is 16.7. The van der Waals surface area contributed by atoms with Crippen molar-refractivity contribution in [2.24, 2.45) is 23.4 Å². The largest absolute Gasteiger partial charge is 0.488 e. The van der Waals surface area contributed by atoms with Crippen LogP contribution < -0.4 is 64.0 Å². The van der Waals surface area contributed by atoms with E-state index in [1.807, 2.05) is 218 Å². The van der Waals surface area contributed by atoms with Crippen LogP contribution in [-0.2, 0) is 26.4 Å². The van der Waals surface area contributed by atoms with Crippen molar-refractivity contribution in [2.45, 2.75) is 26.4 Å². The van der Waals surface area contributed by atoms with Crippen molar-refractivity contribution in [3.63, 3.8) is 0 Å². The first kappa shape index (κ1) is 65.4. The molecule has 12 aromatic carbocycles. The Kier molecular flexibility index (Phi) is 20.7. The molecular formula is C82H68N8O8. The average Bonchev–Trinajstić information content (AvgIpc) is 0.783. The molecule has 0 spiro atoms. The molecule has 0 saturated carbocycles. The summed E-state index contributed by atoms with van der Waals surface area (Å²) < 4.78 is 25.3. The zero-order valence-corrected chi connectivity index (χ0v) is 53.1. The van der Waals surface area contributed by atoms with Gasteiger partial charge < -0.3 is 18.9 Å². The molecule has 0 radical (unpaired) electrons. The van der Waals surface area contributed by atoms with Gasteiger partial charge >= 0.3 is 0 Å². The summed E-state index contributed by atoms with van der Waals surface area (Å²) in [5, 5.41) is 0. The van der Waals surface area contributed by atoms with Crippen LogP contribution in [0, 0.1) is 0 Å². The summed E-state index contributed by atoms with van der Waals surface area (Å²) >= 11 is 0. The number of hydrogen-bond donors (Lipinski definition) is 8. The molecule has 0 saturated heterocycles. The monoisotopic (exact) mass is 1290 g/mol. The fourth-order valence-corrected chi connectivity index (χ4v) is 11.5. The molecular weight excluding hydrogens is 1220 g/mol. The number of hydrogen-bond acceptors (Lipinski definition) is 12. The van der Waals surface area contributed by atoms with Crippen LogP contribution >= 0.6 is 0 Å². The summed E-state index contributed by atoms with van der Waals surface area (Å²) in [6, 6.07) is 93.4. The maximum Gasteiger partial charge on any atom is 0.268 e. The maximum atomic E-state index is 13.1. The van der Waals surface area contributed by atoms with Gasteiger partial charge in [0.15, 0.2) is 0 Å². The van der Waals surface area contributed by atoms with E-state index in [1.54, 1.807) is 24.3 Å². The number of nitrogen functional groups attached to an aromatic ring is 4. The van der Waals surface area contributed by atoms with Crippen LogP contribution in [0.15, 0.2) is 291 Å². The number of benzene rings is 12. The summed E-state index contributed by atoms with van der Waals surface area (Å²) in [5.41, 5.74) is 25.7. The Morgan fingerprint density at radius 1 is 0.235 bits per heavy atom. The lowest BCUT2D eigenvalue weighted by Crippen LogP contribution is -2.30. The molecule has 0 bridgehead atoms. The lowest BCUT2D eigenvalue weighted by molar-refractivity contribution is 0.0941. The van der Waals surface area contributed by atoms with E-state index < -0.39 is 23.6 Å². The molecule has 16 heteroatoms. The second kappa shape index (κ2) is 31.0. The van der Waals surface area contributed by atoms with Gasteiger partial charge in [-0.1, -0.05) is 243 Å². The van der Waals surface area contributed by atoms with Crippen molar-refractivity contribution in [3.8, 4) is 67.5 Å². The van der Waals surface area contributed by atoms with Crippen LogP contribution in [-0.4, -0.2) is 23.6 Å². The predicted molar refractivity (Wildman–Crippen MR) is 382 cm³/mol. The molecule has 0 aromatic heterocycles. The number of hydrazine groups is 4. The first-order valence-electron chi connectivity index (χ1n) is 31.5. The van der Waals surface area contributed by atoms with Crippen LogP contribution in [0.4, 0.5) is 0 Å². The fourth-order valence-electron chi connectivity index (χ4n) is 11.5. The topological polar surface area (TPSA) is 257 Å². The highest BCUT2D eigenvalue weighted by Gasteiger charge is 2.22. The van der Waals surface area contributed by atoms with Crippen molar-refractivity contribution >= 4 is 34.8 Å². The van der Waals surface area contributed by atoms with Crippen LogP contribution in [0.5, 0.6) is 23.0 Å². The minimum atomic E-state index is -0.490. The zero-order valence-electron chi connectivity index (χ0n) is 53.1. The molecule has 0 aliphatic carbocycles. The van der Waals surface area contributed by atoms with Crippen LogP contribution in [0.25, 0.3) is 55.7 Å². The molecule has 16 nitrogen and oxygen atoms in total. The Bertz CT molecular complexity index is 4220. The van der Waals surface area contributed by atoms with Gasteiger partial charge in [0.25, 0.3) is 23.6 Å². The Morgan fingerprint density at radius 3 is 0.602 bits per heavy atom. The number of carbonyl (C=O) groups is 4. The van der Waals surface area contributed by atoms with E-state index in [9.17, 15) is 19.2 Å². The Labute approximate surface area is 567 Å². The Balaban J connectivity index is 1.00. The maximum absolute atomic E-state index is 13.1. The minimum absolute atomic E-state index is 0.222. The molecule has 0 heterocycles. The van der Waals surface area contributed by atoms with Gasteiger partial charge in [-0.3, -0.25) is 40.9 Å². The highest BCUT2D eigenvalue weighted by Crippen LogP contribution is 2.42. The van der Waals surface area contributed by atoms with Gasteiger partial charge in [-0.25, -0.2) is 23.4 Å². The Hall–Kier alpha value is -12.7. The van der Waals surface area contributed by atoms with E-state index in [0.717, 1.165) is 100 Å². The van der Waals surface area contributed by atoms with Gasteiger partial charge in [0.05, 0.1) is 22.3 Å². The van der Waals surface area contributed by atoms with Crippen molar-refractivity contribution in [1.29, 1.82) is 0 Å². The lowest BCUT2D eigenvalue weighted by Gasteiger charge is -2.20. The van der Waals surface area contributed by atoms with Crippen LogP contribution in [0.1, 0.15) is 85.9 Å². The van der Waals surface area contributed by atoms with Crippen LogP contribution in [0.2, 0.25) is 0 Å². The third-order valence-electron chi connectivity index (χ3n) is 16.7. The van der Waals surface area contributed by atoms with E-state index >= 15 is 0 Å². The molecule has 0 atom stereocenters. The molecule has 12 rings (SSSR count). The fraction of sp³-hybridized carbons (Fsp3) is 0.0488. The smallest absolute Gasteiger partial charge is 0.268 e. The molecule has 0 aliphatic heterocycles. The van der Waals surface area contributed by atoms with Crippen molar-refractivity contribution in [3.05, 3.63) is 358 Å². The van der Waals surface area contributed by atoms with Crippen molar-refractivity contribution in [1.82, 2.24) is 21.7 Å². The van der Waals surface area contributed by atoms with Gasteiger partial charge in [-0.2, -0.15) is 0 Å². The second-order valence-electron chi connectivity index (χ2n) is 22.9. The molecule has 0 unspecified atom stereocenters. The van der Waals surface area contributed by atoms with Gasteiger partial charge in [0.1, 0.15) is 49.4 Å². The van der Waals surface area contributed by atoms with Crippen molar-refractivity contribution in [2.75, 3.05) is 0 Å². The highest BCUT2D eigenvalue weighted by atomic mass is 16.5. The predicted octanol–water partition coefficient (Wildman–Crippen LogP) is 14.1. The molecule has 0 fully saturated rings. The number of ether oxygens (including phenoxy) is 4. The normalized spacial score (nSPS) is 10.8. The summed E-state index contributed by atoms with van der Waals surface area (Å²) in [6.45, 7) is 0.888. The molecule has 12 N–H and O–H groups in total.